The molecule has 2 aromatic rings. The number of rotatable bonds is 0. The van der Waals surface area contributed by atoms with Gasteiger partial charge in [-0.3, -0.25) is 0 Å². The van der Waals surface area contributed by atoms with E-state index in [1.165, 1.54) is 0 Å². The molecule has 0 amide bonds. The second-order valence-corrected chi connectivity index (χ2v) is 3.20. The molecule has 0 radical (unpaired) electrons. The van der Waals surface area contributed by atoms with Gasteiger partial charge in [-0.05, 0) is 28.7 Å². The van der Waals surface area contributed by atoms with Crippen molar-refractivity contribution < 1.29 is 0 Å². The summed E-state index contributed by atoms with van der Waals surface area (Å²) in [5.74, 6) is 0. The molecule has 0 atom stereocenters. The fourth-order valence-electron chi connectivity index (χ4n) is 0.972. The summed E-state index contributed by atoms with van der Waals surface area (Å²) in [5, 5.41) is 1.12. The van der Waals surface area contributed by atoms with E-state index in [-0.39, 0.29) is 0 Å². The number of fused-ring (bicyclic) bond motifs is 1. The Morgan fingerprint density at radius 2 is 1.91 bits per heavy atom. The van der Waals surface area contributed by atoms with Crippen molar-refractivity contribution in [2.45, 2.75) is 0 Å². The smallest absolute Gasteiger partial charge is 0.117 e. The number of hydrogen-bond acceptors (Lipinski definition) is 2. The highest BCUT2D eigenvalue weighted by molar-refractivity contribution is 14.1. The van der Waals surface area contributed by atoms with Gasteiger partial charge in [-0.1, -0.05) is 18.2 Å². The molecule has 0 bridgehead atoms. The minimum Gasteiger partial charge on any atom is -0.236 e. The van der Waals surface area contributed by atoms with Crippen molar-refractivity contribution in [2.75, 3.05) is 0 Å². The molecule has 0 saturated carbocycles. The van der Waals surface area contributed by atoms with Crippen molar-refractivity contribution in [1.82, 2.24) is 9.97 Å². The van der Waals surface area contributed by atoms with Gasteiger partial charge >= 0.3 is 0 Å². The van der Waals surface area contributed by atoms with E-state index >= 15 is 0 Å². The SMILES string of the molecule is Ic1ncnc2ccccc12. The van der Waals surface area contributed by atoms with Crippen LogP contribution < -0.4 is 0 Å². The van der Waals surface area contributed by atoms with Crippen molar-refractivity contribution in [2.24, 2.45) is 0 Å². The molecule has 0 spiro atoms. The highest BCUT2D eigenvalue weighted by atomic mass is 127. The van der Waals surface area contributed by atoms with E-state index in [2.05, 4.69) is 32.6 Å². The molecule has 0 aliphatic rings. The predicted octanol–water partition coefficient (Wildman–Crippen LogP) is 2.23. The summed E-state index contributed by atoms with van der Waals surface area (Å²) in [7, 11) is 0. The first-order valence-electron chi connectivity index (χ1n) is 3.23. The zero-order valence-corrected chi connectivity index (χ0v) is 7.82. The summed E-state index contributed by atoms with van der Waals surface area (Å²) in [4.78, 5) is 8.21. The highest BCUT2D eigenvalue weighted by Gasteiger charge is 1.96. The van der Waals surface area contributed by atoms with Gasteiger partial charge in [-0.25, -0.2) is 9.97 Å². The predicted molar refractivity (Wildman–Crippen MR) is 52.3 cm³/mol. The Bertz CT molecular complexity index is 381. The Kier molecular flexibility index (Phi) is 1.73. The topological polar surface area (TPSA) is 25.8 Å². The van der Waals surface area contributed by atoms with Gasteiger partial charge in [0.25, 0.3) is 0 Å². The van der Waals surface area contributed by atoms with Crippen LogP contribution in [0.4, 0.5) is 0 Å². The standard InChI is InChI=1S/C8H5IN2/c9-8-6-3-1-2-4-7(6)10-5-11-8/h1-5H. The van der Waals surface area contributed by atoms with E-state index in [4.69, 9.17) is 0 Å². The molecule has 1 heterocycles. The average molecular weight is 256 g/mol. The summed E-state index contributed by atoms with van der Waals surface area (Å²) in [6.45, 7) is 0. The van der Waals surface area contributed by atoms with Crippen LogP contribution in [0.25, 0.3) is 10.9 Å². The Labute approximate surface area is 77.8 Å². The second kappa shape index (κ2) is 2.73. The normalized spacial score (nSPS) is 10.3. The molecule has 11 heavy (non-hydrogen) atoms. The summed E-state index contributed by atoms with van der Waals surface area (Å²) < 4.78 is 1.01. The van der Waals surface area contributed by atoms with Crippen LogP contribution in [0.1, 0.15) is 0 Å². The first-order chi connectivity index (χ1) is 5.38. The molecule has 54 valence electrons. The molecule has 2 rings (SSSR count). The molecule has 0 saturated heterocycles. The number of aromatic nitrogens is 2. The third kappa shape index (κ3) is 1.20. The van der Waals surface area contributed by atoms with E-state index in [9.17, 15) is 0 Å². The quantitative estimate of drug-likeness (QED) is 0.533. The largest absolute Gasteiger partial charge is 0.236 e. The van der Waals surface area contributed by atoms with Gasteiger partial charge in [-0.15, -0.1) is 0 Å². The van der Waals surface area contributed by atoms with Gasteiger partial charge in [0.05, 0.1) is 5.52 Å². The van der Waals surface area contributed by atoms with Gasteiger partial charge in [0.2, 0.25) is 0 Å². The van der Waals surface area contributed by atoms with Crippen LogP contribution in [0.5, 0.6) is 0 Å². The molecule has 0 aliphatic carbocycles. The fraction of sp³-hybridized carbons (Fsp3) is 0. The summed E-state index contributed by atoms with van der Waals surface area (Å²) in [6, 6.07) is 7.98. The molecule has 1 aromatic heterocycles. The monoisotopic (exact) mass is 256 g/mol. The zero-order chi connectivity index (χ0) is 7.68. The van der Waals surface area contributed by atoms with Gasteiger partial charge in [0, 0.05) is 5.39 Å². The molecule has 0 N–H and O–H groups in total. The zero-order valence-electron chi connectivity index (χ0n) is 5.66. The molecule has 2 nitrogen and oxygen atoms in total. The minimum absolute atomic E-state index is 1.01. The van der Waals surface area contributed by atoms with Crippen molar-refractivity contribution in [3.63, 3.8) is 0 Å². The van der Waals surface area contributed by atoms with E-state index in [1.807, 2.05) is 24.3 Å². The number of hydrogen-bond donors (Lipinski definition) is 0. The van der Waals surface area contributed by atoms with Crippen molar-refractivity contribution in [3.05, 3.63) is 34.3 Å². The summed E-state index contributed by atoms with van der Waals surface area (Å²) >= 11 is 2.21. The van der Waals surface area contributed by atoms with E-state index in [1.54, 1.807) is 6.33 Å². The maximum absolute atomic E-state index is 4.13. The molecule has 0 aliphatic heterocycles. The Balaban J connectivity index is 2.91. The van der Waals surface area contributed by atoms with Gasteiger partial charge in [0.1, 0.15) is 10.0 Å². The van der Waals surface area contributed by atoms with Crippen LogP contribution in [0.2, 0.25) is 0 Å². The summed E-state index contributed by atoms with van der Waals surface area (Å²) in [5.41, 5.74) is 1.01. The second-order valence-electron chi connectivity index (χ2n) is 2.18. The van der Waals surface area contributed by atoms with E-state index in [0.29, 0.717) is 0 Å². The third-order valence-electron chi connectivity index (χ3n) is 1.49. The van der Waals surface area contributed by atoms with Crippen LogP contribution in [-0.2, 0) is 0 Å². The Morgan fingerprint density at radius 3 is 2.73 bits per heavy atom. The number of benzene rings is 1. The molecule has 0 fully saturated rings. The van der Waals surface area contributed by atoms with Crippen LogP contribution >= 0.6 is 22.6 Å². The lowest BCUT2D eigenvalue weighted by Gasteiger charge is -1.95. The average Bonchev–Trinajstić information content (AvgIpc) is 2.06. The van der Waals surface area contributed by atoms with Crippen LogP contribution in [0.15, 0.2) is 30.6 Å². The third-order valence-corrected chi connectivity index (χ3v) is 2.35. The lowest BCUT2D eigenvalue weighted by atomic mass is 10.2. The molecular formula is C8H5IN2. The van der Waals surface area contributed by atoms with Crippen LogP contribution in [0.3, 0.4) is 0 Å². The van der Waals surface area contributed by atoms with Crippen LogP contribution in [0, 0.1) is 3.70 Å². The van der Waals surface area contributed by atoms with Gasteiger partial charge in [0.15, 0.2) is 0 Å². The first-order valence-corrected chi connectivity index (χ1v) is 4.31. The number of para-hydroxylation sites is 1. The van der Waals surface area contributed by atoms with Crippen molar-refractivity contribution >= 4 is 33.5 Å². The molecule has 0 unspecified atom stereocenters. The van der Waals surface area contributed by atoms with Crippen LogP contribution in [-0.4, -0.2) is 9.97 Å². The Hall–Kier alpha value is -0.710. The van der Waals surface area contributed by atoms with Crippen molar-refractivity contribution in [3.8, 4) is 0 Å². The lowest BCUT2D eigenvalue weighted by molar-refractivity contribution is 1.19. The highest BCUT2D eigenvalue weighted by Crippen LogP contribution is 2.14. The number of halogens is 1. The lowest BCUT2D eigenvalue weighted by Crippen LogP contribution is -1.84. The maximum Gasteiger partial charge on any atom is 0.117 e. The van der Waals surface area contributed by atoms with E-state index < -0.39 is 0 Å². The molecular weight excluding hydrogens is 251 g/mol. The summed E-state index contributed by atoms with van der Waals surface area (Å²) in [6.07, 6.45) is 1.59. The Morgan fingerprint density at radius 1 is 1.09 bits per heavy atom. The fourth-order valence-corrected chi connectivity index (χ4v) is 1.55. The van der Waals surface area contributed by atoms with Gasteiger partial charge in [-0.2, -0.15) is 0 Å². The molecule has 1 aromatic carbocycles. The number of nitrogens with zero attached hydrogens (tertiary/aromatic N) is 2. The minimum atomic E-state index is 1.01. The van der Waals surface area contributed by atoms with Crippen molar-refractivity contribution in [1.29, 1.82) is 0 Å². The first kappa shape index (κ1) is 6.97. The molecule has 3 heteroatoms. The van der Waals surface area contributed by atoms with Gasteiger partial charge < -0.3 is 0 Å². The maximum atomic E-state index is 4.13. The van der Waals surface area contributed by atoms with E-state index in [0.717, 1.165) is 14.6 Å².